The lowest BCUT2D eigenvalue weighted by Gasteiger charge is -2.19. The van der Waals surface area contributed by atoms with Gasteiger partial charge in [-0.1, -0.05) is 32.9 Å². The highest BCUT2D eigenvalue weighted by Gasteiger charge is 2.11. The summed E-state index contributed by atoms with van der Waals surface area (Å²) in [5.74, 6) is 0.765. The molecule has 0 bridgehead atoms. The number of nitrogens with zero attached hydrogens (tertiary/aromatic N) is 2. The molecule has 104 valence electrons. The van der Waals surface area contributed by atoms with E-state index in [0.717, 1.165) is 24.5 Å². The van der Waals surface area contributed by atoms with Gasteiger partial charge in [-0.05, 0) is 37.4 Å². The van der Waals surface area contributed by atoms with E-state index in [0.29, 0.717) is 6.04 Å². The molecule has 2 rings (SSSR count). The number of rotatable bonds is 7. The van der Waals surface area contributed by atoms with Gasteiger partial charge in [0.1, 0.15) is 0 Å². The Morgan fingerprint density at radius 2 is 2.00 bits per heavy atom. The molecule has 3 nitrogen and oxygen atoms in total. The highest BCUT2D eigenvalue weighted by molar-refractivity contribution is 5.74. The number of imidazole rings is 1. The topological polar surface area (TPSA) is 29.9 Å². The minimum absolute atomic E-state index is 0.532. The molecule has 1 N–H and O–H groups in total. The number of nitrogens with one attached hydrogen (secondary N) is 1. The van der Waals surface area contributed by atoms with Gasteiger partial charge in [-0.2, -0.15) is 0 Å². The van der Waals surface area contributed by atoms with Crippen molar-refractivity contribution in [1.29, 1.82) is 0 Å². The van der Waals surface area contributed by atoms with Gasteiger partial charge in [0.15, 0.2) is 0 Å². The van der Waals surface area contributed by atoms with Gasteiger partial charge in [0.05, 0.1) is 17.4 Å². The van der Waals surface area contributed by atoms with Crippen molar-refractivity contribution < 1.29 is 0 Å². The molecule has 1 aromatic carbocycles. The second kappa shape index (κ2) is 6.71. The Balaban J connectivity index is 2.07. The molecule has 2 aromatic rings. The van der Waals surface area contributed by atoms with Crippen LogP contribution in [-0.4, -0.2) is 22.1 Å². The number of hydrogen-bond acceptors (Lipinski definition) is 2. The summed E-state index contributed by atoms with van der Waals surface area (Å²) in [6.45, 7) is 8.77. The zero-order valence-corrected chi connectivity index (χ0v) is 12.3. The Bertz CT molecular complexity index is 501. The molecule has 1 atom stereocenters. The number of hydrogen-bond donors (Lipinski definition) is 1. The van der Waals surface area contributed by atoms with E-state index >= 15 is 0 Å². The summed E-state index contributed by atoms with van der Waals surface area (Å²) in [5, 5.41) is 3.59. The number of fused-ring (bicyclic) bond motifs is 1. The third kappa shape index (κ3) is 3.80. The average Bonchev–Trinajstić information content (AvgIpc) is 2.80. The molecule has 3 heteroatoms. The van der Waals surface area contributed by atoms with Crippen molar-refractivity contribution in [2.45, 2.75) is 46.2 Å². The Morgan fingerprint density at radius 3 is 2.74 bits per heavy atom. The van der Waals surface area contributed by atoms with E-state index in [2.05, 4.69) is 53.8 Å². The third-order valence-electron chi connectivity index (χ3n) is 3.53. The molecule has 1 aromatic heterocycles. The zero-order chi connectivity index (χ0) is 13.7. The smallest absolute Gasteiger partial charge is 0.0958 e. The van der Waals surface area contributed by atoms with Crippen molar-refractivity contribution in [3.8, 4) is 0 Å². The second-order valence-corrected chi connectivity index (χ2v) is 5.61. The fourth-order valence-electron chi connectivity index (χ4n) is 2.47. The van der Waals surface area contributed by atoms with Crippen LogP contribution in [0.4, 0.5) is 0 Å². The molecule has 0 aliphatic carbocycles. The molecular formula is C16H25N3. The maximum atomic E-state index is 4.46. The van der Waals surface area contributed by atoms with Crippen molar-refractivity contribution in [2.24, 2.45) is 5.92 Å². The van der Waals surface area contributed by atoms with Gasteiger partial charge >= 0.3 is 0 Å². The minimum Gasteiger partial charge on any atom is -0.329 e. The van der Waals surface area contributed by atoms with E-state index in [-0.39, 0.29) is 0 Å². The van der Waals surface area contributed by atoms with Gasteiger partial charge in [-0.25, -0.2) is 4.98 Å². The Morgan fingerprint density at radius 1 is 1.21 bits per heavy atom. The van der Waals surface area contributed by atoms with Crippen molar-refractivity contribution in [3.63, 3.8) is 0 Å². The van der Waals surface area contributed by atoms with E-state index in [4.69, 9.17) is 0 Å². The summed E-state index contributed by atoms with van der Waals surface area (Å²) in [6.07, 6.45) is 4.45. The third-order valence-corrected chi connectivity index (χ3v) is 3.53. The summed E-state index contributed by atoms with van der Waals surface area (Å²) in [7, 11) is 0. The van der Waals surface area contributed by atoms with E-state index in [1.807, 2.05) is 12.4 Å². The first-order valence-electron chi connectivity index (χ1n) is 7.34. The molecule has 19 heavy (non-hydrogen) atoms. The fourth-order valence-corrected chi connectivity index (χ4v) is 2.47. The van der Waals surface area contributed by atoms with Crippen LogP contribution < -0.4 is 5.32 Å². The Hall–Kier alpha value is -1.35. The quantitative estimate of drug-likeness (QED) is 0.825. The lowest BCUT2D eigenvalue weighted by molar-refractivity contribution is 0.399. The first-order valence-corrected chi connectivity index (χ1v) is 7.34. The van der Waals surface area contributed by atoms with Crippen molar-refractivity contribution >= 4 is 11.0 Å². The first-order chi connectivity index (χ1) is 9.20. The normalized spacial score (nSPS) is 13.3. The zero-order valence-electron chi connectivity index (χ0n) is 12.3. The maximum Gasteiger partial charge on any atom is 0.0958 e. The monoisotopic (exact) mass is 259 g/mol. The highest BCUT2D eigenvalue weighted by Crippen LogP contribution is 2.14. The van der Waals surface area contributed by atoms with Crippen LogP contribution in [0.2, 0.25) is 0 Å². The van der Waals surface area contributed by atoms with Crippen LogP contribution in [0.3, 0.4) is 0 Å². The largest absolute Gasteiger partial charge is 0.329 e. The molecule has 1 unspecified atom stereocenters. The van der Waals surface area contributed by atoms with E-state index in [1.165, 1.54) is 18.4 Å². The van der Waals surface area contributed by atoms with Crippen molar-refractivity contribution in [2.75, 3.05) is 6.54 Å². The lowest BCUT2D eigenvalue weighted by Crippen LogP contribution is -2.33. The number of benzene rings is 1. The standard InChI is InChI=1S/C16H25N3/c1-4-17-14(10-9-13(2)3)11-19-12-18-15-7-5-6-8-16(15)19/h5-8,12-14,17H,4,9-11H2,1-3H3. The van der Waals surface area contributed by atoms with Crippen LogP contribution in [0.15, 0.2) is 30.6 Å². The highest BCUT2D eigenvalue weighted by atomic mass is 15.1. The van der Waals surface area contributed by atoms with Gasteiger partial charge < -0.3 is 9.88 Å². The van der Waals surface area contributed by atoms with Crippen molar-refractivity contribution in [3.05, 3.63) is 30.6 Å². The van der Waals surface area contributed by atoms with Crippen molar-refractivity contribution in [1.82, 2.24) is 14.9 Å². The van der Waals surface area contributed by atoms with Crippen LogP contribution in [0.5, 0.6) is 0 Å². The fraction of sp³-hybridized carbons (Fsp3) is 0.562. The van der Waals surface area contributed by atoms with Gasteiger partial charge in [-0.15, -0.1) is 0 Å². The molecule has 0 radical (unpaired) electrons. The predicted octanol–water partition coefficient (Wildman–Crippen LogP) is 3.45. The lowest BCUT2D eigenvalue weighted by atomic mass is 10.0. The van der Waals surface area contributed by atoms with Gasteiger partial charge in [0, 0.05) is 12.6 Å². The van der Waals surface area contributed by atoms with Crippen LogP contribution >= 0.6 is 0 Å². The molecule has 0 saturated heterocycles. The number of aromatic nitrogens is 2. The molecule has 0 saturated carbocycles. The minimum atomic E-state index is 0.532. The van der Waals surface area contributed by atoms with E-state index in [9.17, 15) is 0 Å². The van der Waals surface area contributed by atoms with Gasteiger partial charge in [0.25, 0.3) is 0 Å². The average molecular weight is 259 g/mol. The van der Waals surface area contributed by atoms with Crippen LogP contribution in [0.1, 0.15) is 33.6 Å². The van der Waals surface area contributed by atoms with Gasteiger partial charge in [-0.3, -0.25) is 0 Å². The summed E-state index contributed by atoms with van der Waals surface area (Å²) in [4.78, 5) is 4.46. The SMILES string of the molecule is CCNC(CCC(C)C)Cn1cnc2ccccc21. The predicted molar refractivity (Wildman–Crippen MR) is 81.3 cm³/mol. The second-order valence-electron chi connectivity index (χ2n) is 5.61. The Labute approximate surface area is 116 Å². The number of para-hydroxylation sites is 2. The summed E-state index contributed by atoms with van der Waals surface area (Å²) in [5.41, 5.74) is 2.32. The molecule has 0 amide bonds. The molecular weight excluding hydrogens is 234 g/mol. The van der Waals surface area contributed by atoms with Crippen LogP contribution in [-0.2, 0) is 6.54 Å². The van der Waals surface area contributed by atoms with Gasteiger partial charge in [0.2, 0.25) is 0 Å². The molecule has 0 aliphatic heterocycles. The van der Waals surface area contributed by atoms with Crippen LogP contribution in [0, 0.1) is 5.92 Å². The summed E-state index contributed by atoms with van der Waals surface area (Å²) < 4.78 is 2.27. The Kier molecular flexibility index (Phi) is 4.97. The summed E-state index contributed by atoms with van der Waals surface area (Å²) in [6, 6.07) is 8.87. The van der Waals surface area contributed by atoms with E-state index < -0.39 is 0 Å². The molecule has 0 spiro atoms. The molecule has 1 heterocycles. The van der Waals surface area contributed by atoms with Crippen LogP contribution in [0.25, 0.3) is 11.0 Å². The maximum absolute atomic E-state index is 4.46. The first kappa shape index (κ1) is 14.1. The molecule has 0 fully saturated rings. The summed E-state index contributed by atoms with van der Waals surface area (Å²) >= 11 is 0. The molecule has 0 aliphatic rings. The number of likely N-dealkylation sites (N-methyl/N-ethyl adjacent to an activating group) is 1. The van der Waals surface area contributed by atoms with E-state index in [1.54, 1.807) is 0 Å².